The standard InChI is InChI=1S/C14H16F3NO3/c1-20-10-4-3-9(7-11(10)21-2)13(5-6-13)8-18-12(19)14(15,16)17/h3-4,7H,5-6,8H2,1-2H3,(H,18,19). The Balaban J connectivity index is 2.12. The van der Waals surface area contributed by atoms with Gasteiger partial charge in [0.25, 0.3) is 0 Å². The Kier molecular flexibility index (Phi) is 4.02. The molecule has 1 aliphatic rings. The van der Waals surface area contributed by atoms with Crippen molar-refractivity contribution in [2.75, 3.05) is 20.8 Å². The lowest BCUT2D eigenvalue weighted by Crippen LogP contribution is -2.40. The highest BCUT2D eigenvalue weighted by Gasteiger charge is 2.47. The number of carbonyl (C=O) groups is 1. The molecule has 0 radical (unpaired) electrons. The molecule has 1 amide bonds. The van der Waals surface area contributed by atoms with Gasteiger partial charge < -0.3 is 14.8 Å². The molecule has 0 heterocycles. The summed E-state index contributed by atoms with van der Waals surface area (Å²) in [5, 5.41) is 1.95. The molecule has 0 aliphatic heterocycles. The second-order valence-corrected chi connectivity index (χ2v) is 5.03. The van der Waals surface area contributed by atoms with Crippen LogP contribution in [0.1, 0.15) is 18.4 Å². The molecule has 1 saturated carbocycles. The molecule has 1 aromatic carbocycles. The van der Waals surface area contributed by atoms with E-state index in [1.54, 1.807) is 18.2 Å². The van der Waals surface area contributed by atoms with E-state index in [1.165, 1.54) is 14.2 Å². The van der Waals surface area contributed by atoms with Crippen LogP contribution in [0.4, 0.5) is 13.2 Å². The van der Waals surface area contributed by atoms with E-state index in [0.29, 0.717) is 11.5 Å². The summed E-state index contributed by atoms with van der Waals surface area (Å²) in [6, 6.07) is 5.24. The van der Waals surface area contributed by atoms with Crippen molar-refractivity contribution < 1.29 is 27.4 Å². The van der Waals surface area contributed by atoms with E-state index >= 15 is 0 Å². The first-order valence-corrected chi connectivity index (χ1v) is 6.40. The highest BCUT2D eigenvalue weighted by Crippen LogP contribution is 2.49. The average Bonchev–Trinajstić information content (AvgIpc) is 3.24. The fraction of sp³-hybridized carbons (Fsp3) is 0.500. The zero-order valence-electron chi connectivity index (χ0n) is 11.7. The van der Waals surface area contributed by atoms with Gasteiger partial charge in [-0.3, -0.25) is 4.79 Å². The summed E-state index contributed by atoms with van der Waals surface area (Å²) in [7, 11) is 3.00. The van der Waals surface area contributed by atoms with Crippen LogP contribution in [0.3, 0.4) is 0 Å². The van der Waals surface area contributed by atoms with Gasteiger partial charge in [-0.2, -0.15) is 13.2 Å². The first kappa shape index (κ1) is 15.5. The molecule has 116 valence electrons. The number of hydrogen-bond acceptors (Lipinski definition) is 3. The number of alkyl halides is 3. The van der Waals surface area contributed by atoms with Gasteiger partial charge in [0.2, 0.25) is 0 Å². The minimum atomic E-state index is -4.85. The van der Waals surface area contributed by atoms with Crippen LogP contribution < -0.4 is 14.8 Å². The number of benzene rings is 1. The van der Waals surface area contributed by atoms with Gasteiger partial charge in [0, 0.05) is 12.0 Å². The number of hydrogen-bond donors (Lipinski definition) is 1. The molecule has 0 unspecified atom stereocenters. The van der Waals surface area contributed by atoms with Gasteiger partial charge >= 0.3 is 12.1 Å². The van der Waals surface area contributed by atoms with Crippen LogP contribution in [0.15, 0.2) is 18.2 Å². The number of carbonyl (C=O) groups excluding carboxylic acids is 1. The van der Waals surface area contributed by atoms with Crippen LogP contribution in [0.2, 0.25) is 0 Å². The van der Waals surface area contributed by atoms with Crippen LogP contribution in [-0.4, -0.2) is 32.8 Å². The van der Waals surface area contributed by atoms with Gasteiger partial charge in [0.1, 0.15) is 0 Å². The van der Waals surface area contributed by atoms with Gasteiger partial charge in [0.15, 0.2) is 11.5 Å². The van der Waals surface area contributed by atoms with Crippen molar-refractivity contribution in [3.63, 3.8) is 0 Å². The van der Waals surface area contributed by atoms with Crippen molar-refractivity contribution in [2.24, 2.45) is 0 Å². The average molecular weight is 303 g/mol. The fourth-order valence-corrected chi connectivity index (χ4v) is 2.23. The molecule has 0 aromatic heterocycles. The molecular formula is C14H16F3NO3. The lowest BCUT2D eigenvalue weighted by molar-refractivity contribution is -0.173. The highest BCUT2D eigenvalue weighted by molar-refractivity contribution is 5.81. The largest absolute Gasteiger partial charge is 0.493 e. The summed E-state index contributed by atoms with van der Waals surface area (Å²) < 4.78 is 47.0. The monoisotopic (exact) mass is 303 g/mol. The molecule has 0 atom stereocenters. The normalized spacial score (nSPS) is 16.2. The maximum atomic E-state index is 12.2. The summed E-state index contributed by atoms with van der Waals surface area (Å²) in [4.78, 5) is 10.9. The van der Waals surface area contributed by atoms with Crippen molar-refractivity contribution in [3.05, 3.63) is 23.8 Å². The van der Waals surface area contributed by atoms with Gasteiger partial charge in [-0.25, -0.2) is 0 Å². The molecule has 1 aromatic rings. The van der Waals surface area contributed by atoms with Crippen LogP contribution in [0.5, 0.6) is 11.5 Å². The van der Waals surface area contributed by atoms with Crippen molar-refractivity contribution in [2.45, 2.75) is 24.4 Å². The molecule has 0 spiro atoms. The summed E-state index contributed by atoms with van der Waals surface area (Å²) in [6.07, 6.45) is -3.41. The summed E-state index contributed by atoms with van der Waals surface area (Å²) in [5.74, 6) is -0.839. The Labute approximate surface area is 120 Å². The molecule has 2 rings (SSSR count). The zero-order valence-corrected chi connectivity index (χ0v) is 11.7. The molecule has 0 saturated heterocycles. The minimum absolute atomic E-state index is 0.0408. The topological polar surface area (TPSA) is 47.6 Å². The van der Waals surface area contributed by atoms with Crippen LogP contribution >= 0.6 is 0 Å². The van der Waals surface area contributed by atoms with Crippen molar-refractivity contribution in [1.29, 1.82) is 0 Å². The van der Waals surface area contributed by atoms with Crippen LogP contribution in [0, 0.1) is 0 Å². The second kappa shape index (κ2) is 5.46. The first-order valence-electron chi connectivity index (χ1n) is 6.40. The van der Waals surface area contributed by atoms with E-state index < -0.39 is 17.5 Å². The highest BCUT2D eigenvalue weighted by atomic mass is 19.4. The predicted octanol–water partition coefficient (Wildman–Crippen LogP) is 2.41. The molecule has 1 aliphatic carbocycles. The Hall–Kier alpha value is -1.92. The first-order chi connectivity index (χ1) is 9.82. The molecule has 4 nitrogen and oxygen atoms in total. The summed E-state index contributed by atoms with van der Waals surface area (Å²) >= 11 is 0. The third kappa shape index (κ3) is 3.22. The lowest BCUT2D eigenvalue weighted by Gasteiger charge is -2.19. The third-order valence-electron chi connectivity index (χ3n) is 3.69. The Morgan fingerprint density at radius 3 is 2.33 bits per heavy atom. The Morgan fingerprint density at radius 2 is 1.86 bits per heavy atom. The quantitative estimate of drug-likeness (QED) is 0.908. The van der Waals surface area contributed by atoms with Gasteiger partial charge in [0.05, 0.1) is 14.2 Å². The number of nitrogens with one attached hydrogen (secondary N) is 1. The molecule has 7 heteroatoms. The molecule has 1 N–H and O–H groups in total. The molecular weight excluding hydrogens is 287 g/mol. The maximum absolute atomic E-state index is 12.2. The predicted molar refractivity (Wildman–Crippen MR) is 69.5 cm³/mol. The number of ether oxygens (including phenoxy) is 2. The van der Waals surface area contributed by atoms with E-state index in [-0.39, 0.29) is 6.54 Å². The van der Waals surface area contributed by atoms with Gasteiger partial charge in [-0.15, -0.1) is 0 Å². The Bertz CT molecular complexity index is 539. The Morgan fingerprint density at radius 1 is 1.24 bits per heavy atom. The lowest BCUT2D eigenvalue weighted by atomic mass is 9.95. The fourth-order valence-electron chi connectivity index (χ4n) is 2.23. The SMILES string of the molecule is COc1ccc(C2(CNC(=O)C(F)(F)F)CC2)cc1OC. The number of methoxy groups -OCH3 is 2. The zero-order chi connectivity index (χ0) is 15.7. The van der Waals surface area contributed by atoms with Gasteiger partial charge in [-0.05, 0) is 30.5 Å². The van der Waals surface area contributed by atoms with E-state index in [9.17, 15) is 18.0 Å². The van der Waals surface area contributed by atoms with Gasteiger partial charge in [-0.1, -0.05) is 6.07 Å². The van der Waals surface area contributed by atoms with E-state index in [4.69, 9.17) is 9.47 Å². The number of amides is 1. The number of halogens is 3. The van der Waals surface area contributed by atoms with E-state index in [2.05, 4.69) is 0 Å². The smallest absolute Gasteiger partial charge is 0.471 e. The maximum Gasteiger partial charge on any atom is 0.471 e. The molecule has 1 fully saturated rings. The third-order valence-corrected chi connectivity index (χ3v) is 3.69. The van der Waals surface area contributed by atoms with Crippen molar-refractivity contribution >= 4 is 5.91 Å². The molecule has 0 bridgehead atoms. The van der Waals surface area contributed by atoms with Crippen LogP contribution in [-0.2, 0) is 10.2 Å². The van der Waals surface area contributed by atoms with E-state index in [1.807, 2.05) is 5.32 Å². The second-order valence-electron chi connectivity index (χ2n) is 5.03. The summed E-state index contributed by atoms with van der Waals surface area (Å²) in [6.45, 7) is -0.0408. The van der Waals surface area contributed by atoms with Crippen molar-refractivity contribution in [1.82, 2.24) is 5.32 Å². The van der Waals surface area contributed by atoms with E-state index in [0.717, 1.165) is 18.4 Å². The number of rotatable bonds is 5. The molecule has 21 heavy (non-hydrogen) atoms. The van der Waals surface area contributed by atoms with Crippen molar-refractivity contribution in [3.8, 4) is 11.5 Å². The minimum Gasteiger partial charge on any atom is -0.493 e. The summed E-state index contributed by atoms with van der Waals surface area (Å²) in [5.41, 5.74) is 0.392. The van der Waals surface area contributed by atoms with Crippen LogP contribution in [0.25, 0.3) is 0 Å².